The maximum atomic E-state index is 11.5. The van der Waals surface area contributed by atoms with Gasteiger partial charge >= 0.3 is 5.97 Å². The second kappa shape index (κ2) is 4.13. The first-order valence-electron chi connectivity index (χ1n) is 4.85. The number of fused-ring (bicyclic) bond motifs is 1. The lowest BCUT2D eigenvalue weighted by Crippen LogP contribution is -2.35. The maximum Gasteiger partial charge on any atom is 0.348 e. The number of thiophene rings is 1. The highest BCUT2D eigenvalue weighted by atomic mass is 32.1. The highest BCUT2D eigenvalue weighted by Gasteiger charge is 2.29. The number of carbonyl (C=O) groups excluding carboxylic acids is 2. The highest BCUT2D eigenvalue weighted by molar-refractivity contribution is 7.16. The third-order valence-electron chi connectivity index (χ3n) is 2.25. The van der Waals surface area contributed by atoms with E-state index in [1.54, 1.807) is 6.07 Å². The van der Waals surface area contributed by atoms with E-state index in [9.17, 15) is 9.59 Å². The van der Waals surface area contributed by atoms with Gasteiger partial charge in [-0.3, -0.25) is 4.79 Å². The average Bonchev–Trinajstić information content (AvgIpc) is 2.69. The molecule has 1 aromatic rings. The van der Waals surface area contributed by atoms with Crippen molar-refractivity contribution < 1.29 is 19.1 Å². The third kappa shape index (κ3) is 1.76. The topological polar surface area (TPSA) is 64.6 Å². The number of amides is 1. The van der Waals surface area contributed by atoms with E-state index in [4.69, 9.17) is 4.74 Å². The molecule has 0 aromatic carbocycles. The van der Waals surface area contributed by atoms with Gasteiger partial charge in [0.15, 0.2) is 11.2 Å². The van der Waals surface area contributed by atoms with Crippen LogP contribution >= 0.6 is 11.3 Å². The van der Waals surface area contributed by atoms with Crippen molar-refractivity contribution in [3.63, 3.8) is 0 Å². The molecule has 1 aromatic heterocycles. The van der Waals surface area contributed by atoms with Gasteiger partial charge in [-0.25, -0.2) is 4.79 Å². The molecular weight excluding hydrogens is 230 g/mol. The summed E-state index contributed by atoms with van der Waals surface area (Å²) in [6, 6.07) is 1.57. The minimum Gasteiger partial charge on any atom is -0.469 e. The van der Waals surface area contributed by atoms with Crippen LogP contribution in [0.3, 0.4) is 0 Å². The average molecular weight is 241 g/mol. The summed E-state index contributed by atoms with van der Waals surface area (Å²) < 4.78 is 10.1. The molecule has 0 bridgehead atoms. The van der Waals surface area contributed by atoms with Crippen molar-refractivity contribution in [3.8, 4) is 5.06 Å². The van der Waals surface area contributed by atoms with Gasteiger partial charge in [0.1, 0.15) is 4.88 Å². The summed E-state index contributed by atoms with van der Waals surface area (Å²) in [5, 5.41) is 3.26. The minimum absolute atomic E-state index is 0.177. The lowest BCUT2D eigenvalue weighted by Gasteiger charge is -2.21. The van der Waals surface area contributed by atoms with Crippen molar-refractivity contribution in [2.24, 2.45) is 0 Å². The number of rotatable bonds is 2. The van der Waals surface area contributed by atoms with Crippen LogP contribution in [0.1, 0.15) is 23.0 Å². The lowest BCUT2D eigenvalue weighted by atomic mass is 10.2. The van der Waals surface area contributed by atoms with Crippen molar-refractivity contribution in [2.75, 3.05) is 12.4 Å². The maximum absolute atomic E-state index is 11.5. The van der Waals surface area contributed by atoms with Crippen LogP contribution in [0, 0.1) is 0 Å². The normalized spacial score (nSPS) is 18.4. The van der Waals surface area contributed by atoms with Gasteiger partial charge in [0.25, 0.3) is 5.91 Å². The second-order valence-corrected chi connectivity index (χ2v) is 4.32. The number of ether oxygens (including phenoxy) is 2. The van der Waals surface area contributed by atoms with Gasteiger partial charge in [-0.15, -0.1) is 0 Å². The summed E-state index contributed by atoms with van der Waals surface area (Å²) >= 11 is 1.18. The van der Waals surface area contributed by atoms with E-state index < -0.39 is 12.1 Å². The molecule has 1 unspecified atom stereocenters. The number of nitrogens with one attached hydrogen (secondary N) is 1. The zero-order valence-electron chi connectivity index (χ0n) is 8.90. The first-order chi connectivity index (χ1) is 7.65. The number of esters is 1. The van der Waals surface area contributed by atoms with Crippen molar-refractivity contribution in [3.05, 3.63) is 10.9 Å². The molecule has 6 heteroatoms. The molecule has 86 valence electrons. The fourth-order valence-electron chi connectivity index (χ4n) is 1.41. The Hall–Kier alpha value is -1.56. The molecule has 1 N–H and O–H groups in total. The minimum atomic E-state index is -0.475. The molecule has 0 saturated heterocycles. The predicted molar refractivity (Wildman–Crippen MR) is 59.0 cm³/mol. The molecule has 2 heterocycles. The monoisotopic (exact) mass is 241 g/mol. The molecule has 0 radical (unpaired) electrons. The summed E-state index contributed by atoms with van der Waals surface area (Å²) in [5.74, 6) is -0.602. The van der Waals surface area contributed by atoms with Gasteiger partial charge in [-0.05, 0) is 12.5 Å². The van der Waals surface area contributed by atoms with E-state index in [0.29, 0.717) is 22.0 Å². The van der Waals surface area contributed by atoms with Crippen LogP contribution in [0.5, 0.6) is 5.06 Å². The summed E-state index contributed by atoms with van der Waals surface area (Å²) in [4.78, 5) is 23.2. The molecular formula is C10H11NO4S. The van der Waals surface area contributed by atoms with Gasteiger partial charge in [-0.2, -0.15) is 0 Å². The Labute approximate surface area is 96.4 Å². The Kier molecular flexibility index (Phi) is 2.82. The molecule has 0 fully saturated rings. The van der Waals surface area contributed by atoms with E-state index in [-0.39, 0.29) is 5.91 Å². The Morgan fingerprint density at radius 1 is 1.69 bits per heavy atom. The van der Waals surface area contributed by atoms with E-state index in [1.165, 1.54) is 18.4 Å². The molecule has 0 aliphatic carbocycles. The predicted octanol–water partition coefficient (Wildman–Crippen LogP) is 1.64. The van der Waals surface area contributed by atoms with E-state index >= 15 is 0 Å². The van der Waals surface area contributed by atoms with Crippen LogP contribution in [-0.4, -0.2) is 25.1 Å². The standard InChI is InChI=1S/C10H11NO4S/c1-3-6-8(12)11-5-4-7(9(13)14-2)16-10(5)15-6/h4,6H,3H2,1-2H3,(H,11,12). The van der Waals surface area contributed by atoms with Crippen molar-refractivity contribution in [1.82, 2.24) is 0 Å². The van der Waals surface area contributed by atoms with E-state index in [0.717, 1.165) is 0 Å². The van der Waals surface area contributed by atoms with Gasteiger partial charge in [0.05, 0.1) is 12.8 Å². The second-order valence-electron chi connectivity index (χ2n) is 3.31. The molecule has 1 atom stereocenters. The molecule has 2 rings (SSSR count). The third-order valence-corrected chi connectivity index (χ3v) is 3.26. The summed E-state index contributed by atoms with van der Waals surface area (Å²) in [6.07, 6.45) is 0.119. The van der Waals surface area contributed by atoms with Crippen LogP contribution in [0.2, 0.25) is 0 Å². The van der Waals surface area contributed by atoms with Crippen LogP contribution in [0.4, 0.5) is 5.69 Å². The van der Waals surface area contributed by atoms with Crippen LogP contribution < -0.4 is 10.1 Å². The van der Waals surface area contributed by atoms with Gasteiger partial charge in [0.2, 0.25) is 0 Å². The highest BCUT2D eigenvalue weighted by Crippen LogP contribution is 2.39. The zero-order chi connectivity index (χ0) is 11.7. The molecule has 16 heavy (non-hydrogen) atoms. The number of methoxy groups -OCH3 is 1. The lowest BCUT2D eigenvalue weighted by molar-refractivity contribution is -0.123. The first-order valence-corrected chi connectivity index (χ1v) is 5.67. The summed E-state index contributed by atoms with van der Waals surface area (Å²) in [5.41, 5.74) is 0.542. The quantitative estimate of drug-likeness (QED) is 0.799. The fourth-order valence-corrected chi connectivity index (χ4v) is 2.34. The Morgan fingerprint density at radius 2 is 2.44 bits per heavy atom. The smallest absolute Gasteiger partial charge is 0.348 e. The largest absolute Gasteiger partial charge is 0.469 e. The first kappa shape index (κ1) is 10.9. The Bertz CT molecular complexity index is 440. The number of hydrogen-bond donors (Lipinski definition) is 1. The Balaban J connectivity index is 2.29. The summed E-state index contributed by atoms with van der Waals surface area (Å²) in [7, 11) is 1.31. The summed E-state index contributed by atoms with van der Waals surface area (Å²) in [6.45, 7) is 1.87. The van der Waals surface area contributed by atoms with E-state index in [1.807, 2.05) is 6.92 Å². The molecule has 1 aliphatic heterocycles. The number of hydrogen-bond acceptors (Lipinski definition) is 5. The van der Waals surface area contributed by atoms with E-state index in [2.05, 4.69) is 10.1 Å². The van der Waals surface area contributed by atoms with Crippen LogP contribution in [-0.2, 0) is 9.53 Å². The molecule has 1 aliphatic rings. The zero-order valence-corrected chi connectivity index (χ0v) is 9.72. The van der Waals surface area contributed by atoms with Gasteiger partial charge in [0, 0.05) is 0 Å². The van der Waals surface area contributed by atoms with Crippen molar-refractivity contribution in [1.29, 1.82) is 0 Å². The molecule has 5 nitrogen and oxygen atoms in total. The van der Waals surface area contributed by atoms with Crippen molar-refractivity contribution in [2.45, 2.75) is 19.4 Å². The molecule has 0 saturated carbocycles. The van der Waals surface area contributed by atoms with Gasteiger partial charge < -0.3 is 14.8 Å². The Morgan fingerprint density at radius 3 is 3.06 bits per heavy atom. The molecule has 1 amide bonds. The number of anilines is 1. The molecule has 0 spiro atoms. The van der Waals surface area contributed by atoms with Crippen LogP contribution in [0.25, 0.3) is 0 Å². The number of carbonyl (C=O) groups is 2. The fraction of sp³-hybridized carbons (Fsp3) is 0.400. The SMILES string of the molecule is CCC1Oc2sc(C(=O)OC)cc2NC1=O. The van der Waals surface area contributed by atoms with Crippen LogP contribution in [0.15, 0.2) is 6.07 Å². The van der Waals surface area contributed by atoms with Crippen molar-refractivity contribution >= 4 is 28.9 Å². The van der Waals surface area contributed by atoms with Gasteiger partial charge in [-0.1, -0.05) is 18.3 Å².